The van der Waals surface area contributed by atoms with Crippen LogP contribution in [-0.2, 0) is 11.8 Å². The molecule has 2 N–H and O–H groups in total. The minimum absolute atomic E-state index is 0.144. The zero-order valence-electron chi connectivity index (χ0n) is 11.6. The molecule has 1 aromatic rings. The van der Waals surface area contributed by atoms with Crippen LogP contribution in [0.4, 0.5) is 0 Å². The molecule has 0 saturated carbocycles. The van der Waals surface area contributed by atoms with E-state index in [2.05, 4.69) is 0 Å². The fourth-order valence-corrected chi connectivity index (χ4v) is 3.41. The summed E-state index contributed by atoms with van der Waals surface area (Å²) in [6, 6.07) is 3.22. The molecule has 0 spiro atoms. The summed E-state index contributed by atoms with van der Waals surface area (Å²) < 4.78 is 7.25. The molecule has 1 aromatic heterocycles. The van der Waals surface area contributed by atoms with Crippen LogP contribution in [0.25, 0.3) is 0 Å². The van der Waals surface area contributed by atoms with Crippen molar-refractivity contribution in [3.63, 3.8) is 0 Å². The number of carbonyl (C=O) groups excluding carboxylic acids is 1. The van der Waals surface area contributed by atoms with E-state index < -0.39 is 12.2 Å². The van der Waals surface area contributed by atoms with Crippen LogP contribution in [0.1, 0.15) is 23.3 Å². The normalized spacial score (nSPS) is 37.1. The number of likely N-dealkylation sites (N-methyl/N-ethyl adjacent to an activating group) is 1. The van der Waals surface area contributed by atoms with E-state index in [1.54, 1.807) is 29.9 Å². The van der Waals surface area contributed by atoms with Crippen LogP contribution in [-0.4, -0.2) is 63.1 Å². The summed E-state index contributed by atoms with van der Waals surface area (Å²) in [5.74, 6) is -0.351. The van der Waals surface area contributed by atoms with E-state index in [0.29, 0.717) is 18.5 Å². The molecule has 0 amide bonds. The highest BCUT2D eigenvalue weighted by atomic mass is 16.5. The third-order valence-corrected chi connectivity index (χ3v) is 4.62. The number of rotatable bonds is 2. The number of hydrogen-bond donors (Lipinski definition) is 2. The van der Waals surface area contributed by atoms with Gasteiger partial charge in [0.25, 0.3) is 0 Å². The average molecular weight is 280 g/mol. The summed E-state index contributed by atoms with van der Waals surface area (Å²) in [5.41, 5.74) is 0.511. The number of hydrogen-bond acceptors (Lipinski definition) is 5. The lowest BCUT2D eigenvalue weighted by Gasteiger charge is -2.35. The molecule has 6 nitrogen and oxygen atoms in total. The fraction of sp³-hybridized carbons (Fsp3) is 0.643. The van der Waals surface area contributed by atoms with Gasteiger partial charge >= 0.3 is 5.97 Å². The Morgan fingerprint density at radius 2 is 1.85 bits per heavy atom. The smallest absolute Gasteiger partial charge is 0.355 e. The molecule has 2 fully saturated rings. The first kappa shape index (κ1) is 13.6. The number of fused-ring (bicyclic) bond motifs is 2. The molecule has 20 heavy (non-hydrogen) atoms. The van der Waals surface area contributed by atoms with Crippen molar-refractivity contribution in [2.45, 2.75) is 43.2 Å². The highest BCUT2D eigenvalue weighted by molar-refractivity contribution is 5.87. The van der Waals surface area contributed by atoms with E-state index in [1.165, 1.54) is 0 Å². The zero-order valence-corrected chi connectivity index (χ0v) is 11.6. The van der Waals surface area contributed by atoms with Gasteiger partial charge in [-0.15, -0.1) is 0 Å². The predicted octanol–water partition coefficient (Wildman–Crippen LogP) is -0.251. The third-order valence-electron chi connectivity index (χ3n) is 4.62. The first-order valence-electron chi connectivity index (χ1n) is 6.89. The van der Waals surface area contributed by atoms with Gasteiger partial charge in [0.1, 0.15) is 11.8 Å². The topological polar surface area (TPSA) is 74.9 Å². The maximum atomic E-state index is 12.1. The maximum Gasteiger partial charge on any atom is 0.355 e. The monoisotopic (exact) mass is 280 g/mol. The molecule has 6 heteroatoms. The van der Waals surface area contributed by atoms with Crippen LogP contribution in [0.15, 0.2) is 18.3 Å². The molecular formula is C14H20N2O4. The van der Waals surface area contributed by atoms with Crippen LogP contribution in [0.5, 0.6) is 0 Å². The second kappa shape index (κ2) is 4.87. The minimum Gasteiger partial charge on any atom is -0.458 e. The van der Waals surface area contributed by atoms with Gasteiger partial charge in [0.2, 0.25) is 0 Å². The van der Waals surface area contributed by atoms with Crippen LogP contribution < -0.4 is 0 Å². The first-order valence-corrected chi connectivity index (χ1v) is 6.89. The predicted molar refractivity (Wildman–Crippen MR) is 71.2 cm³/mol. The van der Waals surface area contributed by atoms with Crippen LogP contribution >= 0.6 is 0 Å². The third kappa shape index (κ3) is 2.04. The van der Waals surface area contributed by atoms with Crippen molar-refractivity contribution in [1.29, 1.82) is 0 Å². The van der Waals surface area contributed by atoms with Gasteiger partial charge in [0.05, 0.1) is 12.2 Å². The Hall–Kier alpha value is -1.37. The van der Waals surface area contributed by atoms with Crippen molar-refractivity contribution >= 4 is 5.97 Å². The molecule has 2 aliphatic rings. The molecule has 0 aromatic carbocycles. The Labute approximate surface area is 117 Å². The second-order valence-electron chi connectivity index (χ2n) is 5.78. The van der Waals surface area contributed by atoms with Crippen molar-refractivity contribution < 1.29 is 19.7 Å². The molecule has 2 aliphatic heterocycles. The molecule has 1 unspecified atom stereocenters. The highest BCUT2D eigenvalue weighted by Crippen LogP contribution is 2.36. The molecule has 110 valence electrons. The number of nitrogens with zero attached hydrogens (tertiary/aromatic N) is 2. The second-order valence-corrected chi connectivity index (χ2v) is 5.78. The Kier molecular flexibility index (Phi) is 3.32. The average Bonchev–Trinajstić information content (AvgIpc) is 2.88. The first-order chi connectivity index (χ1) is 9.49. The van der Waals surface area contributed by atoms with Gasteiger partial charge in [-0.2, -0.15) is 0 Å². The SMILES string of the molecule is CN1[C@@H]2CC(OC(=O)c3cccn3C)C[C@H]1[C@H](O)[C@@H]2O. The van der Waals surface area contributed by atoms with Gasteiger partial charge in [0, 0.05) is 38.2 Å². The summed E-state index contributed by atoms with van der Waals surface area (Å²) in [6.07, 6.45) is 1.13. The number of aromatic nitrogens is 1. The number of piperidine rings is 1. The summed E-state index contributed by atoms with van der Waals surface area (Å²) in [4.78, 5) is 14.1. The van der Waals surface area contributed by atoms with E-state index >= 15 is 0 Å². The molecule has 0 radical (unpaired) electrons. The van der Waals surface area contributed by atoms with Crippen LogP contribution in [0.3, 0.4) is 0 Å². The largest absolute Gasteiger partial charge is 0.458 e. The quantitative estimate of drug-likeness (QED) is 0.731. The summed E-state index contributed by atoms with van der Waals surface area (Å²) in [6.45, 7) is 0. The highest BCUT2D eigenvalue weighted by Gasteiger charge is 2.51. The molecule has 2 bridgehead atoms. The summed E-state index contributed by atoms with van der Waals surface area (Å²) >= 11 is 0. The van der Waals surface area contributed by atoms with Crippen LogP contribution in [0, 0.1) is 0 Å². The fourth-order valence-electron chi connectivity index (χ4n) is 3.41. The van der Waals surface area contributed by atoms with E-state index in [0.717, 1.165) is 0 Å². The number of carbonyl (C=O) groups is 1. The molecule has 3 rings (SSSR count). The minimum atomic E-state index is -0.760. The Morgan fingerprint density at radius 1 is 1.25 bits per heavy atom. The molecule has 5 atom stereocenters. The summed E-state index contributed by atoms with van der Waals surface area (Å²) in [7, 11) is 3.69. The number of esters is 1. The lowest BCUT2D eigenvalue weighted by atomic mass is 10.00. The van der Waals surface area contributed by atoms with Crippen LogP contribution in [0.2, 0.25) is 0 Å². The van der Waals surface area contributed by atoms with Crippen molar-refractivity contribution in [1.82, 2.24) is 9.47 Å². The number of ether oxygens (including phenoxy) is 1. The Morgan fingerprint density at radius 3 is 2.35 bits per heavy atom. The lowest BCUT2D eigenvalue weighted by Crippen LogP contribution is -2.46. The molecular weight excluding hydrogens is 260 g/mol. The van der Waals surface area contributed by atoms with E-state index in [-0.39, 0.29) is 24.2 Å². The van der Waals surface area contributed by atoms with Crippen molar-refractivity contribution in [3.05, 3.63) is 24.0 Å². The Bertz CT molecular complexity index is 489. The summed E-state index contributed by atoms with van der Waals surface area (Å²) in [5, 5.41) is 20.0. The van der Waals surface area contributed by atoms with Gasteiger partial charge in [-0.25, -0.2) is 4.79 Å². The van der Waals surface area contributed by atoms with Crippen molar-refractivity contribution in [2.75, 3.05) is 7.05 Å². The van der Waals surface area contributed by atoms with Gasteiger partial charge in [-0.3, -0.25) is 4.90 Å². The maximum absolute atomic E-state index is 12.1. The van der Waals surface area contributed by atoms with Gasteiger partial charge in [0.15, 0.2) is 0 Å². The zero-order chi connectivity index (χ0) is 14.4. The van der Waals surface area contributed by atoms with E-state index in [4.69, 9.17) is 4.74 Å². The molecule has 3 heterocycles. The number of aryl methyl sites for hydroxylation is 1. The Balaban J connectivity index is 1.69. The van der Waals surface area contributed by atoms with Gasteiger partial charge in [-0.05, 0) is 19.2 Å². The number of aliphatic hydroxyl groups is 2. The number of aliphatic hydroxyl groups excluding tert-OH is 2. The van der Waals surface area contributed by atoms with E-state index in [9.17, 15) is 15.0 Å². The molecule has 2 saturated heterocycles. The van der Waals surface area contributed by atoms with Crippen molar-refractivity contribution in [3.8, 4) is 0 Å². The van der Waals surface area contributed by atoms with Crippen molar-refractivity contribution in [2.24, 2.45) is 7.05 Å². The standard InChI is InChI=1S/C14H20N2O4/c1-15-5-3-4-9(15)14(19)20-8-6-10-12(17)13(18)11(7-8)16(10)2/h3-5,8,10-13,17-18H,6-7H2,1-2H3/t8?,10-,11+,12-,13+. The molecule has 0 aliphatic carbocycles. The van der Waals surface area contributed by atoms with Gasteiger partial charge in [-0.1, -0.05) is 0 Å². The van der Waals surface area contributed by atoms with Gasteiger partial charge < -0.3 is 19.5 Å². The van der Waals surface area contributed by atoms with E-state index in [1.807, 2.05) is 11.9 Å². The lowest BCUT2D eigenvalue weighted by molar-refractivity contribution is -0.0103.